The molecule has 1 aromatic carbocycles. The van der Waals surface area contributed by atoms with E-state index in [2.05, 4.69) is 0 Å². The van der Waals surface area contributed by atoms with Crippen molar-refractivity contribution in [3.05, 3.63) is 29.8 Å². The van der Waals surface area contributed by atoms with Crippen LogP contribution in [0.4, 0.5) is 0 Å². The van der Waals surface area contributed by atoms with Crippen LogP contribution in [0.25, 0.3) is 0 Å². The van der Waals surface area contributed by atoms with Gasteiger partial charge in [0.2, 0.25) is 7.37 Å². The molecule has 0 bridgehead atoms. The zero-order valence-corrected chi connectivity index (χ0v) is 12.7. The van der Waals surface area contributed by atoms with Crippen molar-refractivity contribution in [2.45, 2.75) is 26.7 Å². The smallest absolute Gasteiger partial charge is 0.311 e. The topological polar surface area (TPSA) is 63.6 Å². The molecule has 0 aliphatic carbocycles. The van der Waals surface area contributed by atoms with E-state index in [4.69, 9.17) is 4.52 Å². The molecule has 0 aromatic heterocycles. The highest BCUT2D eigenvalue weighted by Gasteiger charge is 2.25. The van der Waals surface area contributed by atoms with Gasteiger partial charge in [-0.15, -0.1) is 0 Å². The van der Waals surface area contributed by atoms with Crippen LogP contribution in [-0.2, 0) is 13.9 Å². The van der Waals surface area contributed by atoms with Crippen molar-refractivity contribution in [2.24, 2.45) is 5.92 Å². The van der Waals surface area contributed by atoms with Crippen molar-refractivity contribution in [1.29, 1.82) is 0 Å². The maximum absolute atomic E-state index is 12.2. The minimum atomic E-state index is -2.79. The van der Waals surface area contributed by atoms with E-state index in [1.165, 1.54) is 0 Å². The van der Waals surface area contributed by atoms with Crippen LogP contribution in [0, 0.1) is 5.92 Å². The number of hydrogen-bond donors (Lipinski definition) is 1. The maximum Gasteiger partial charge on any atom is 0.311 e. The molecule has 2 unspecified atom stereocenters. The molecule has 0 aliphatic heterocycles. The van der Waals surface area contributed by atoms with Crippen LogP contribution in [0.2, 0.25) is 0 Å². The minimum absolute atomic E-state index is 0.00340. The molecule has 2 atom stereocenters. The molecular weight excluding hydrogens is 263 g/mol. The van der Waals surface area contributed by atoms with Crippen molar-refractivity contribution in [1.82, 2.24) is 0 Å². The van der Waals surface area contributed by atoms with Crippen LogP contribution in [0.1, 0.15) is 32.3 Å². The lowest BCUT2D eigenvalue weighted by molar-refractivity contribution is -0.139. The van der Waals surface area contributed by atoms with Gasteiger partial charge in [0, 0.05) is 12.0 Å². The number of carbonyl (C=O) groups is 1. The first-order valence-corrected chi connectivity index (χ1v) is 8.42. The molecule has 0 spiro atoms. The third kappa shape index (κ3) is 3.92. The molecule has 0 amide bonds. The number of rotatable bonds is 6. The van der Waals surface area contributed by atoms with Crippen molar-refractivity contribution < 1.29 is 19.0 Å². The van der Waals surface area contributed by atoms with Gasteiger partial charge in [-0.2, -0.15) is 0 Å². The quantitative estimate of drug-likeness (QED) is 0.815. The molecule has 19 heavy (non-hydrogen) atoms. The molecular formula is C14H21O4P. The van der Waals surface area contributed by atoms with Crippen LogP contribution in [-0.4, -0.2) is 24.3 Å². The Labute approximate surface area is 114 Å². The lowest BCUT2D eigenvalue weighted by atomic mass is 9.89. The van der Waals surface area contributed by atoms with Gasteiger partial charge in [0.1, 0.15) is 0 Å². The predicted octanol–water partition coefficient (Wildman–Crippen LogP) is 3.08. The van der Waals surface area contributed by atoms with Gasteiger partial charge in [-0.3, -0.25) is 9.36 Å². The summed E-state index contributed by atoms with van der Waals surface area (Å²) in [4.78, 5) is 11.2. The van der Waals surface area contributed by atoms with Gasteiger partial charge >= 0.3 is 5.97 Å². The largest absolute Gasteiger partial charge is 0.481 e. The molecule has 0 radical (unpaired) electrons. The maximum atomic E-state index is 12.2. The fourth-order valence-corrected chi connectivity index (χ4v) is 3.42. The SMILES string of the molecule is CCOP(C)(=O)c1ccc(C(C(=O)O)C(C)C)cc1. The molecule has 0 aliphatic rings. The summed E-state index contributed by atoms with van der Waals surface area (Å²) in [5, 5.41) is 9.85. The van der Waals surface area contributed by atoms with Gasteiger partial charge in [0.05, 0.1) is 12.5 Å². The predicted molar refractivity (Wildman–Crippen MR) is 76.4 cm³/mol. The number of hydrogen-bond acceptors (Lipinski definition) is 3. The molecule has 0 fully saturated rings. The number of carboxylic acid groups (broad SMARTS) is 1. The van der Waals surface area contributed by atoms with E-state index in [1.807, 2.05) is 13.8 Å². The Morgan fingerprint density at radius 3 is 2.21 bits per heavy atom. The molecule has 1 N–H and O–H groups in total. The Balaban J connectivity index is 3.05. The second-order valence-electron chi connectivity index (χ2n) is 4.92. The van der Waals surface area contributed by atoms with Crippen molar-refractivity contribution in [3.8, 4) is 0 Å². The Hall–Kier alpha value is -1.12. The van der Waals surface area contributed by atoms with Gasteiger partial charge in [-0.1, -0.05) is 26.0 Å². The first-order valence-electron chi connectivity index (χ1n) is 6.35. The van der Waals surface area contributed by atoms with Gasteiger partial charge in [-0.05, 0) is 30.5 Å². The normalized spacial score (nSPS) is 16.1. The van der Waals surface area contributed by atoms with E-state index in [0.29, 0.717) is 11.9 Å². The fraction of sp³-hybridized carbons (Fsp3) is 0.500. The summed E-state index contributed by atoms with van der Waals surface area (Å²) < 4.78 is 17.5. The monoisotopic (exact) mass is 284 g/mol. The number of carboxylic acids is 1. The third-order valence-electron chi connectivity index (χ3n) is 3.03. The van der Waals surface area contributed by atoms with E-state index in [9.17, 15) is 14.5 Å². The Morgan fingerprint density at radius 1 is 1.32 bits per heavy atom. The molecule has 4 nitrogen and oxygen atoms in total. The number of aliphatic carboxylic acids is 1. The summed E-state index contributed by atoms with van der Waals surface area (Å²) in [6.45, 7) is 7.50. The Morgan fingerprint density at radius 2 is 1.84 bits per heavy atom. The number of benzene rings is 1. The Bertz CT molecular complexity index is 479. The minimum Gasteiger partial charge on any atom is -0.481 e. The summed E-state index contributed by atoms with van der Waals surface area (Å²) in [7, 11) is -2.79. The van der Waals surface area contributed by atoms with E-state index >= 15 is 0 Å². The van der Waals surface area contributed by atoms with Crippen LogP contribution in [0.5, 0.6) is 0 Å². The van der Waals surface area contributed by atoms with Gasteiger partial charge in [0.25, 0.3) is 0 Å². The molecule has 0 saturated heterocycles. The van der Waals surface area contributed by atoms with E-state index in [0.717, 1.165) is 5.56 Å². The van der Waals surface area contributed by atoms with Crippen LogP contribution in [0.15, 0.2) is 24.3 Å². The highest BCUT2D eigenvalue weighted by molar-refractivity contribution is 7.66. The summed E-state index contributed by atoms with van der Waals surface area (Å²) in [5.74, 6) is -1.38. The van der Waals surface area contributed by atoms with Crippen molar-refractivity contribution in [3.63, 3.8) is 0 Å². The molecule has 106 valence electrons. The zero-order chi connectivity index (χ0) is 14.6. The summed E-state index contributed by atoms with van der Waals surface area (Å²) in [5.41, 5.74) is 0.725. The molecule has 0 heterocycles. The highest BCUT2D eigenvalue weighted by atomic mass is 31.2. The van der Waals surface area contributed by atoms with Gasteiger partial charge in [0.15, 0.2) is 0 Å². The fourth-order valence-electron chi connectivity index (χ4n) is 2.09. The van der Waals surface area contributed by atoms with Crippen molar-refractivity contribution in [2.75, 3.05) is 13.3 Å². The standard InChI is InChI=1S/C14H21O4P/c1-5-18-19(4,17)12-8-6-11(7-9-12)13(10(2)3)14(15)16/h6-10,13H,5H2,1-4H3,(H,15,16). The zero-order valence-electron chi connectivity index (χ0n) is 11.8. The first kappa shape index (κ1) is 15.9. The molecule has 1 aromatic rings. The highest BCUT2D eigenvalue weighted by Crippen LogP contribution is 2.41. The van der Waals surface area contributed by atoms with Crippen LogP contribution < -0.4 is 5.30 Å². The summed E-state index contributed by atoms with van der Waals surface area (Å²) >= 11 is 0. The second-order valence-corrected chi connectivity index (χ2v) is 7.38. The lowest BCUT2D eigenvalue weighted by Gasteiger charge is -2.18. The van der Waals surface area contributed by atoms with Crippen LogP contribution in [0.3, 0.4) is 0 Å². The van der Waals surface area contributed by atoms with Gasteiger partial charge < -0.3 is 9.63 Å². The first-order chi connectivity index (χ1) is 8.79. The molecule has 1 rings (SSSR count). The molecule has 0 saturated carbocycles. The summed E-state index contributed by atoms with van der Waals surface area (Å²) in [6, 6.07) is 6.85. The third-order valence-corrected chi connectivity index (χ3v) is 5.02. The molecule has 5 heteroatoms. The van der Waals surface area contributed by atoms with Crippen LogP contribution >= 0.6 is 7.37 Å². The van der Waals surface area contributed by atoms with E-state index in [1.54, 1.807) is 37.9 Å². The average molecular weight is 284 g/mol. The summed E-state index contributed by atoms with van der Waals surface area (Å²) in [6.07, 6.45) is 0. The van der Waals surface area contributed by atoms with Gasteiger partial charge in [-0.25, -0.2) is 0 Å². The lowest BCUT2D eigenvalue weighted by Crippen LogP contribution is -2.18. The average Bonchev–Trinajstić information content (AvgIpc) is 2.28. The Kier molecular flexibility index (Phi) is 5.33. The second kappa shape index (κ2) is 6.36. The van der Waals surface area contributed by atoms with E-state index in [-0.39, 0.29) is 5.92 Å². The van der Waals surface area contributed by atoms with Crippen molar-refractivity contribution >= 4 is 18.6 Å². The van der Waals surface area contributed by atoms with E-state index < -0.39 is 19.3 Å².